The third-order valence-corrected chi connectivity index (χ3v) is 3.02. The van der Waals surface area contributed by atoms with Crippen molar-refractivity contribution in [2.75, 3.05) is 11.9 Å². The van der Waals surface area contributed by atoms with Gasteiger partial charge < -0.3 is 21.5 Å². The predicted octanol–water partition coefficient (Wildman–Crippen LogP) is 0.957. The molecule has 7 heteroatoms. The quantitative estimate of drug-likeness (QED) is 0.533. The van der Waals surface area contributed by atoms with Crippen molar-refractivity contribution < 1.29 is 19.5 Å². The van der Waals surface area contributed by atoms with Crippen LogP contribution in [0, 0.1) is 0 Å². The van der Waals surface area contributed by atoms with Gasteiger partial charge in [0.2, 0.25) is 5.91 Å². The molecule has 1 atom stereocenters. The van der Waals surface area contributed by atoms with Gasteiger partial charge in [-0.2, -0.15) is 0 Å². The molecule has 0 spiro atoms. The Hall–Kier alpha value is -2.41. The van der Waals surface area contributed by atoms with Gasteiger partial charge in [0.25, 0.3) is 5.91 Å². The number of carboxylic acids is 1. The van der Waals surface area contributed by atoms with Crippen molar-refractivity contribution in [2.45, 2.75) is 32.2 Å². The summed E-state index contributed by atoms with van der Waals surface area (Å²) in [7, 11) is 0. The Bertz CT molecular complexity index is 528. The Balaban J connectivity index is 2.65. The first-order chi connectivity index (χ1) is 10.4. The van der Waals surface area contributed by atoms with Gasteiger partial charge in [0.1, 0.15) is 6.04 Å². The maximum Gasteiger partial charge on any atom is 0.326 e. The number of carbonyl (C=O) groups is 3. The number of amides is 2. The minimum atomic E-state index is -1.07. The second-order valence-electron chi connectivity index (χ2n) is 4.91. The number of unbranched alkanes of at least 4 members (excludes halogenated alkanes) is 1. The minimum Gasteiger partial charge on any atom is -0.480 e. The lowest BCUT2D eigenvalue weighted by Crippen LogP contribution is -2.40. The molecule has 1 aromatic rings. The van der Waals surface area contributed by atoms with Crippen molar-refractivity contribution in [1.82, 2.24) is 5.32 Å². The standard InChI is InChI=1S/C15H21N3O4/c1-10(19)17-12-7-5-11(6-8-12)14(20)18-13(15(21)22)4-2-3-9-16/h5-8,13H,2-4,9,16H2,1H3,(H,17,19)(H,18,20)(H,21,22)/t13-/m0/s1. The van der Waals surface area contributed by atoms with Crippen LogP contribution in [-0.2, 0) is 9.59 Å². The summed E-state index contributed by atoms with van der Waals surface area (Å²) in [5.41, 5.74) is 6.27. The summed E-state index contributed by atoms with van der Waals surface area (Å²) in [6.07, 6.45) is 1.68. The van der Waals surface area contributed by atoms with Crippen molar-refractivity contribution in [2.24, 2.45) is 5.73 Å². The molecule has 0 saturated heterocycles. The average molecular weight is 307 g/mol. The van der Waals surface area contributed by atoms with Crippen LogP contribution in [0.2, 0.25) is 0 Å². The summed E-state index contributed by atoms with van der Waals surface area (Å²) in [4.78, 5) is 34.1. The Morgan fingerprint density at radius 2 is 1.82 bits per heavy atom. The second kappa shape index (κ2) is 8.78. The van der Waals surface area contributed by atoms with E-state index in [1.54, 1.807) is 12.1 Å². The molecule has 0 bridgehead atoms. The van der Waals surface area contributed by atoms with Gasteiger partial charge in [0.05, 0.1) is 0 Å². The summed E-state index contributed by atoms with van der Waals surface area (Å²) in [6, 6.07) is 5.29. The first kappa shape index (κ1) is 17.6. The highest BCUT2D eigenvalue weighted by Crippen LogP contribution is 2.10. The van der Waals surface area contributed by atoms with E-state index in [1.807, 2.05) is 0 Å². The molecule has 120 valence electrons. The van der Waals surface area contributed by atoms with E-state index in [1.165, 1.54) is 19.1 Å². The molecule has 0 radical (unpaired) electrons. The van der Waals surface area contributed by atoms with Crippen LogP contribution < -0.4 is 16.4 Å². The van der Waals surface area contributed by atoms with Crippen LogP contribution in [0.25, 0.3) is 0 Å². The van der Waals surface area contributed by atoms with E-state index in [-0.39, 0.29) is 5.91 Å². The molecule has 1 aromatic carbocycles. The molecular weight excluding hydrogens is 286 g/mol. The Kier molecular flexibility index (Phi) is 7.04. The van der Waals surface area contributed by atoms with Crippen LogP contribution in [-0.4, -0.2) is 35.5 Å². The Morgan fingerprint density at radius 3 is 2.32 bits per heavy atom. The van der Waals surface area contributed by atoms with Gasteiger partial charge in [0.15, 0.2) is 0 Å². The minimum absolute atomic E-state index is 0.206. The third-order valence-electron chi connectivity index (χ3n) is 3.02. The number of nitrogens with one attached hydrogen (secondary N) is 2. The Labute approximate surface area is 128 Å². The van der Waals surface area contributed by atoms with Gasteiger partial charge in [0, 0.05) is 18.2 Å². The molecule has 2 amide bonds. The van der Waals surface area contributed by atoms with Crippen LogP contribution in [0.1, 0.15) is 36.5 Å². The van der Waals surface area contributed by atoms with Crippen molar-refractivity contribution in [1.29, 1.82) is 0 Å². The van der Waals surface area contributed by atoms with Crippen molar-refractivity contribution in [3.8, 4) is 0 Å². The largest absolute Gasteiger partial charge is 0.480 e. The van der Waals surface area contributed by atoms with Gasteiger partial charge in [-0.05, 0) is 50.1 Å². The van der Waals surface area contributed by atoms with E-state index in [9.17, 15) is 14.4 Å². The highest BCUT2D eigenvalue weighted by atomic mass is 16.4. The van der Waals surface area contributed by atoms with Gasteiger partial charge in [-0.15, -0.1) is 0 Å². The first-order valence-electron chi connectivity index (χ1n) is 7.05. The van der Waals surface area contributed by atoms with Crippen LogP contribution in [0.4, 0.5) is 5.69 Å². The van der Waals surface area contributed by atoms with Crippen LogP contribution in [0.3, 0.4) is 0 Å². The second-order valence-corrected chi connectivity index (χ2v) is 4.91. The molecule has 5 N–H and O–H groups in total. The molecule has 0 aliphatic rings. The zero-order valence-electron chi connectivity index (χ0n) is 12.5. The van der Waals surface area contributed by atoms with E-state index >= 15 is 0 Å². The zero-order chi connectivity index (χ0) is 16.5. The monoisotopic (exact) mass is 307 g/mol. The molecule has 0 unspecified atom stereocenters. The van der Waals surface area contributed by atoms with E-state index in [0.29, 0.717) is 37.1 Å². The summed E-state index contributed by atoms with van der Waals surface area (Å²) < 4.78 is 0. The molecule has 0 aromatic heterocycles. The number of hydrogen-bond acceptors (Lipinski definition) is 4. The number of hydrogen-bond donors (Lipinski definition) is 4. The smallest absolute Gasteiger partial charge is 0.326 e. The molecule has 22 heavy (non-hydrogen) atoms. The molecule has 0 aliphatic heterocycles. The summed E-state index contributed by atoms with van der Waals surface area (Å²) in [5, 5.41) is 14.2. The molecule has 0 aliphatic carbocycles. The van der Waals surface area contributed by atoms with Crippen molar-refractivity contribution in [3.63, 3.8) is 0 Å². The molecule has 0 heterocycles. The van der Waals surface area contributed by atoms with Crippen LogP contribution >= 0.6 is 0 Å². The topological polar surface area (TPSA) is 122 Å². The summed E-state index contributed by atoms with van der Waals surface area (Å²) >= 11 is 0. The molecule has 0 saturated carbocycles. The average Bonchev–Trinajstić information content (AvgIpc) is 2.46. The maximum absolute atomic E-state index is 12.0. The van der Waals surface area contributed by atoms with Crippen LogP contribution in [0.15, 0.2) is 24.3 Å². The lowest BCUT2D eigenvalue weighted by Gasteiger charge is -2.14. The van der Waals surface area contributed by atoms with Crippen molar-refractivity contribution >= 4 is 23.5 Å². The van der Waals surface area contributed by atoms with E-state index in [4.69, 9.17) is 10.8 Å². The fourth-order valence-electron chi connectivity index (χ4n) is 1.90. The normalized spacial score (nSPS) is 11.5. The number of nitrogens with two attached hydrogens (primary N) is 1. The third kappa shape index (κ3) is 5.92. The molecule has 1 rings (SSSR count). The SMILES string of the molecule is CC(=O)Nc1ccc(C(=O)N[C@@H](CCCCN)C(=O)O)cc1. The molecular formula is C15H21N3O4. The predicted molar refractivity (Wildman–Crippen MR) is 82.5 cm³/mol. The highest BCUT2D eigenvalue weighted by Gasteiger charge is 2.20. The Morgan fingerprint density at radius 1 is 1.18 bits per heavy atom. The number of benzene rings is 1. The fraction of sp³-hybridized carbons (Fsp3) is 0.400. The van der Waals surface area contributed by atoms with E-state index < -0.39 is 17.9 Å². The number of carbonyl (C=O) groups excluding carboxylic acids is 2. The fourth-order valence-corrected chi connectivity index (χ4v) is 1.90. The summed E-state index contributed by atoms with van der Waals surface area (Å²) in [5.74, 6) is -1.74. The maximum atomic E-state index is 12.0. The summed E-state index contributed by atoms with van der Waals surface area (Å²) in [6.45, 7) is 1.88. The lowest BCUT2D eigenvalue weighted by molar-refractivity contribution is -0.139. The zero-order valence-corrected chi connectivity index (χ0v) is 12.5. The number of carboxylic acid groups (broad SMARTS) is 1. The number of anilines is 1. The van der Waals surface area contributed by atoms with E-state index in [2.05, 4.69) is 10.6 Å². The number of rotatable bonds is 8. The van der Waals surface area contributed by atoms with Gasteiger partial charge in [-0.3, -0.25) is 9.59 Å². The van der Waals surface area contributed by atoms with Gasteiger partial charge in [-0.1, -0.05) is 0 Å². The molecule has 7 nitrogen and oxygen atoms in total. The molecule has 0 fully saturated rings. The van der Waals surface area contributed by atoms with Crippen molar-refractivity contribution in [3.05, 3.63) is 29.8 Å². The van der Waals surface area contributed by atoms with Crippen LogP contribution in [0.5, 0.6) is 0 Å². The highest BCUT2D eigenvalue weighted by molar-refractivity contribution is 5.97. The van der Waals surface area contributed by atoms with Gasteiger partial charge >= 0.3 is 5.97 Å². The van der Waals surface area contributed by atoms with Gasteiger partial charge in [-0.25, -0.2) is 4.79 Å². The van der Waals surface area contributed by atoms with E-state index in [0.717, 1.165) is 0 Å². The lowest BCUT2D eigenvalue weighted by atomic mass is 10.1. The first-order valence-corrected chi connectivity index (χ1v) is 7.05. The number of aliphatic carboxylic acids is 1.